The predicted molar refractivity (Wildman–Crippen MR) is 104 cm³/mol. The summed E-state index contributed by atoms with van der Waals surface area (Å²) in [6.07, 6.45) is 1.88. The second-order valence-corrected chi connectivity index (χ2v) is 10.2. The molecule has 1 aliphatic heterocycles. The third-order valence-electron chi connectivity index (χ3n) is 4.55. The van der Waals surface area contributed by atoms with Crippen LogP contribution in [0.15, 0.2) is 69.3 Å². The number of carbonyl (C=O) groups is 1. The topological polar surface area (TPSA) is 101 Å². The maximum atomic E-state index is 12.7. The van der Waals surface area contributed by atoms with Crippen LogP contribution in [0.4, 0.5) is 0 Å². The van der Waals surface area contributed by atoms with E-state index >= 15 is 0 Å². The van der Waals surface area contributed by atoms with Crippen LogP contribution < -0.4 is 4.72 Å². The van der Waals surface area contributed by atoms with E-state index in [2.05, 4.69) is 4.72 Å². The highest BCUT2D eigenvalue weighted by atomic mass is 32.2. The summed E-state index contributed by atoms with van der Waals surface area (Å²) in [6, 6.07) is 13.2. The van der Waals surface area contributed by atoms with Crippen LogP contribution in [0.25, 0.3) is 0 Å². The summed E-state index contributed by atoms with van der Waals surface area (Å²) in [5.74, 6) is 0.0988. The number of benzene rings is 2. The Balaban J connectivity index is 1.69. The molecule has 0 unspecified atom stereocenters. The molecule has 9 heteroatoms. The van der Waals surface area contributed by atoms with Crippen LogP contribution in [-0.2, 0) is 24.7 Å². The van der Waals surface area contributed by atoms with E-state index in [4.69, 9.17) is 0 Å². The van der Waals surface area contributed by atoms with Crippen LogP contribution in [-0.4, -0.2) is 47.3 Å². The van der Waals surface area contributed by atoms with Gasteiger partial charge in [-0.1, -0.05) is 24.3 Å². The number of sulfone groups is 1. The van der Waals surface area contributed by atoms with E-state index in [0.29, 0.717) is 25.9 Å². The average Bonchev–Trinajstić information content (AvgIpc) is 3.11. The fraction of sp³-hybridized carbons (Fsp3) is 0.316. The standard InChI is InChI=1S/C19H22N2O5S2/c22-19-11-5-13-21(19)14-6-12-20-28(25,26)18-10-4-9-17(15-18)27(23,24)16-7-2-1-3-8-16/h1-4,7-10,15,20H,5-6,11-14H2. The molecule has 1 amide bonds. The molecule has 0 aliphatic carbocycles. The predicted octanol–water partition coefficient (Wildman–Crippen LogP) is 1.81. The molecule has 0 bridgehead atoms. The van der Waals surface area contributed by atoms with Gasteiger partial charge < -0.3 is 4.90 Å². The monoisotopic (exact) mass is 422 g/mol. The lowest BCUT2D eigenvalue weighted by molar-refractivity contribution is -0.127. The number of sulfonamides is 1. The van der Waals surface area contributed by atoms with Crippen LogP contribution in [0.3, 0.4) is 0 Å². The third kappa shape index (κ3) is 4.60. The Morgan fingerprint density at radius 3 is 2.25 bits per heavy atom. The Morgan fingerprint density at radius 2 is 1.57 bits per heavy atom. The second-order valence-electron chi connectivity index (χ2n) is 6.53. The summed E-state index contributed by atoms with van der Waals surface area (Å²) >= 11 is 0. The van der Waals surface area contributed by atoms with Crippen molar-refractivity contribution in [3.63, 3.8) is 0 Å². The molecular weight excluding hydrogens is 400 g/mol. The van der Waals surface area contributed by atoms with Crippen LogP contribution in [0.2, 0.25) is 0 Å². The van der Waals surface area contributed by atoms with E-state index in [9.17, 15) is 21.6 Å². The van der Waals surface area contributed by atoms with Gasteiger partial charge in [0.15, 0.2) is 0 Å². The van der Waals surface area contributed by atoms with E-state index in [0.717, 1.165) is 12.5 Å². The molecule has 0 radical (unpaired) electrons. The van der Waals surface area contributed by atoms with Gasteiger partial charge in [0, 0.05) is 26.1 Å². The Hall–Kier alpha value is -2.23. The highest BCUT2D eigenvalue weighted by Gasteiger charge is 2.22. The molecule has 0 aromatic heterocycles. The Labute approximate surface area is 165 Å². The SMILES string of the molecule is O=C1CCCN1CCCNS(=O)(=O)c1cccc(S(=O)(=O)c2ccccc2)c1. The van der Waals surface area contributed by atoms with Crippen molar-refractivity contribution in [1.82, 2.24) is 9.62 Å². The van der Waals surface area contributed by atoms with E-state index in [1.54, 1.807) is 23.1 Å². The molecule has 28 heavy (non-hydrogen) atoms. The lowest BCUT2D eigenvalue weighted by Gasteiger charge is -2.15. The maximum absolute atomic E-state index is 12.7. The number of hydrogen-bond acceptors (Lipinski definition) is 5. The van der Waals surface area contributed by atoms with Gasteiger partial charge in [-0.15, -0.1) is 0 Å². The summed E-state index contributed by atoms with van der Waals surface area (Å²) in [5.41, 5.74) is 0. The molecule has 0 saturated carbocycles. The number of rotatable bonds is 8. The summed E-state index contributed by atoms with van der Waals surface area (Å²) in [4.78, 5) is 13.2. The van der Waals surface area contributed by atoms with Gasteiger partial charge in [0.2, 0.25) is 25.8 Å². The normalized spacial score (nSPS) is 15.1. The summed E-state index contributed by atoms with van der Waals surface area (Å²) in [6.45, 7) is 1.39. The molecule has 7 nitrogen and oxygen atoms in total. The second kappa shape index (κ2) is 8.42. The molecular formula is C19H22N2O5S2. The van der Waals surface area contributed by atoms with Crippen molar-refractivity contribution < 1.29 is 21.6 Å². The lowest BCUT2D eigenvalue weighted by Crippen LogP contribution is -2.30. The molecule has 1 heterocycles. The fourth-order valence-electron chi connectivity index (χ4n) is 3.04. The Morgan fingerprint density at radius 1 is 0.893 bits per heavy atom. The van der Waals surface area contributed by atoms with Gasteiger partial charge in [-0.25, -0.2) is 21.6 Å². The quantitative estimate of drug-likeness (QED) is 0.654. The van der Waals surface area contributed by atoms with E-state index in [-0.39, 0.29) is 27.1 Å². The molecule has 1 saturated heterocycles. The van der Waals surface area contributed by atoms with Crippen molar-refractivity contribution in [3.8, 4) is 0 Å². The summed E-state index contributed by atoms with van der Waals surface area (Å²) in [5, 5.41) is 0. The van der Waals surface area contributed by atoms with Gasteiger partial charge in [-0.2, -0.15) is 0 Å². The number of amides is 1. The van der Waals surface area contributed by atoms with Gasteiger partial charge in [0.1, 0.15) is 0 Å². The molecule has 1 N–H and O–H groups in total. The Bertz CT molecular complexity index is 1050. The first-order valence-electron chi connectivity index (χ1n) is 8.98. The van der Waals surface area contributed by atoms with Crippen molar-refractivity contribution in [2.45, 2.75) is 33.9 Å². The van der Waals surface area contributed by atoms with Crippen molar-refractivity contribution >= 4 is 25.8 Å². The molecule has 2 aromatic carbocycles. The number of hydrogen-bond donors (Lipinski definition) is 1. The maximum Gasteiger partial charge on any atom is 0.240 e. The number of carbonyl (C=O) groups excluding carboxylic acids is 1. The van der Waals surface area contributed by atoms with Gasteiger partial charge in [-0.05, 0) is 43.2 Å². The first-order chi connectivity index (χ1) is 13.3. The fourth-order valence-corrected chi connectivity index (χ4v) is 5.57. The number of nitrogens with one attached hydrogen (secondary N) is 1. The van der Waals surface area contributed by atoms with Crippen molar-refractivity contribution in [1.29, 1.82) is 0 Å². The smallest absolute Gasteiger partial charge is 0.240 e. The minimum Gasteiger partial charge on any atom is -0.343 e. The van der Waals surface area contributed by atoms with Gasteiger partial charge in [0.05, 0.1) is 14.7 Å². The van der Waals surface area contributed by atoms with Gasteiger partial charge in [0.25, 0.3) is 0 Å². The highest BCUT2D eigenvalue weighted by molar-refractivity contribution is 7.91. The molecule has 1 aliphatic rings. The first-order valence-corrected chi connectivity index (χ1v) is 11.9. The largest absolute Gasteiger partial charge is 0.343 e. The molecule has 2 aromatic rings. The van der Waals surface area contributed by atoms with Gasteiger partial charge >= 0.3 is 0 Å². The van der Waals surface area contributed by atoms with Crippen molar-refractivity contribution in [2.24, 2.45) is 0 Å². The molecule has 0 atom stereocenters. The third-order valence-corrected chi connectivity index (χ3v) is 7.77. The van der Waals surface area contributed by atoms with Crippen molar-refractivity contribution in [3.05, 3.63) is 54.6 Å². The molecule has 3 rings (SSSR count). The van der Waals surface area contributed by atoms with Crippen LogP contribution in [0, 0.1) is 0 Å². The lowest BCUT2D eigenvalue weighted by atomic mass is 10.4. The number of likely N-dealkylation sites (tertiary alicyclic amines) is 1. The molecule has 150 valence electrons. The van der Waals surface area contributed by atoms with Crippen LogP contribution >= 0.6 is 0 Å². The molecule has 0 spiro atoms. The highest BCUT2D eigenvalue weighted by Crippen LogP contribution is 2.23. The minimum absolute atomic E-state index is 0.0794. The average molecular weight is 423 g/mol. The molecule has 1 fully saturated rings. The first kappa shape index (κ1) is 20.5. The van der Waals surface area contributed by atoms with Crippen LogP contribution in [0.1, 0.15) is 19.3 Å². The Kier molecular flexibility index (Phi) is 6.17. The van der Waals surface area contributed by atoms with Gasteiger partial charge in [-0.3, -0.25) is 4.79 Å². The summed E-state index contributed by atoms with van der Waals surface area (Å²) in [7, 11) is -7.65. The zero-order chi connectivity index (χ0) is 20.2. The van der Waals surface area contributed by atoms with E-state index < -0.39 is 19.9 Å². The zero-order valence-electron chi connectivity index (χ0n) is 15.2. The minimum atomic E-state index is -3.85. The summed E-state index contributed by atoms with van der Waals surface area (Å²) < 4.78 is 52.9. The van der Waals surface area contributed by atoms with E-state index in [1.165, 1.54) is 30.3 Å². The zero-order valence-corrected chi connectivity index (χ0v) is 16.9. The van der Waals surface area contributed by atoms with Crippen LogP contribution in [0.5, 0.6) is 0 Å². The number of nitrogens with zero attached hydrogens (tertiary/aromatic N) is 1. The van der Waals surface area contributed by atoms with Crippen molar-refractivity contribution in [2.75, 3.05) is 19.6 Å². The van der Waals surface area contributed by atoms with E-state index in [1.807, 2.05) is 0 Å².